The van der Waals surface area contributed by atoms with Gasteiger partial charge in [-0.05, 0) is 17.4 Å². The number of hydrogen-bond donors (Lipinski definition) is 0. The first-order valence-corrected chi connectivity index (χ1v) is 5.93. The Hall–Kier alpha value is -1.90. The first-order chi connectivity index (χ1) is 8.69. The van der Waals surface area contributed by atoms with E-state index in [9.17, 15) is 9.59 Å². The highest BCUT2D eigenvalue weighted by atomic mass is 16.5. The SMILES string of the molecule is COC(=O)/C=C\[C@H](C)[C@@H](CC=O)c1ccccc1. The molecule has 0 radical (unpaired) electrons. The lowest BCUT2D eigenvalue weighted by atomic mass is 9.85. The van der Waals surface area contributed by atoms with Crippen molar-refractivity contribution in [2.45, 2.75) is 19.3 Å². The highest BCUT2D eigenvalue weighted by Gasteiger charge is 2.16. The van der Waals surface area contributed by atoms with E-state index in [1.165, 1.54) is 13.2 Å². The molecule has 0 aliphatic rings. The van der Waals surface area contributed by atoms with E-state index in [0.717, 1.165) is 11.8 Å². The zero-order valence-corrected chi connectivity index (χ0v) is 10.7. The molecule has 96 valence electrons. The topological polar surface area (TPSA) is 43.4 Å². The third-order valence-corrected chi connectivity index (χ3v) is 2.95. The van der Waals surface area contributed by atoms with Crippen molar-refractivity contribution in [3.63, 3.8) is 0 Å². The summed E-state index contributed by atoms with van der Waals surface area (Å²) in [6.07, 6.45) is 4.55. The fraction of sp³-hybridized carbons (Fsp3) is 0.333. The van der Waals surface area contributed by atoms with Crippen LogP contribution in [0.25, 0.3) is 0 Å². The molecule has 1 rings (SSSR count). The molecule has 0 saturated heterocycles. The third kappa shape index (κ3) is 4.17. The van der Waals surface area contributed by atoms with Gasteiger partial charge < -0.3 is 9.53 Å². The molecule has 1 aromatic rings. The van der Waals surface area contributed by atoms with Crippen molar-refractivity contribution in [1.29, 1.82) is 0 Å². The Morgan fingerprint density at radius 2 is 2.00 bits per heavy atom. The monoisotopic (exact) mass is 246 g/mol. The van der Waals surface area contributed by atoms with Crippen molar-refractivity contribution in [1.82, 2.24) is 0 Å². The molecule has 0 unspecified atom stereocenters. The summed E-state index contributed by atoms with van der Waals surface area (Å²) in [5.41, 5.74) is 1.10. The molecule has 0 aromatic heterocycles. The molecule has 0 spiro atoms. The fourth-order valence-electron chi connectivity index (χ4n) is 1.89. The summed E-state index contributed by atoms with van der Waals surface area (Å²) in [6.45, 7) is 1.99. The predicted octanol–water partition coefficient (Wildman–Crippen LogP) is 2.72. The summed E-state index contributed by atoms with van der Waals surface area (Å²) in [4.78, 5) is 21.8. The second kappa shape index (κ2) is 7.43. The van der Waals surface area contributed by atoms with Gasteiger partial charge in [-0.1, -0.05) is 43.3 Å². The van der Waals surface area contributed by atoms with Gasteiger partial charge in [-0.2, -0.15) is 0 Å². The number of hydrogen-bond acceptors (Lipinski definition) is 3. The summed E-state index contributed by atoms with van der Waals surface area (Å²) in [6, 6.07) is 9.83. The molecule has 0 N–H and O–H groups in total. The summed E-state index contributed by atoms with van der Waals surface area (Å²) in [7, 11) is 1.34. The van der Waals surface area contributed by atoms with Crippen LogP contribution in [-0.2, 0) is 14.3 Å². The summed E-state index contributed by atoms with van der Waals surface area (Å²) >= 11 is 0. The minimum absolute atomic E-state index is 0.0876. The number of benzene rings is 1. The van der Waals surface area contributed by atoms with Crippen molar-refractivity contribution in [3.8, 4) is 0 Å². The number of ether oxygens (including phenoxy) is 1. The van der Waals surface area contributed by atoms with Gasteiger partial charge in [0, 0.05) is 12.5 Å². The molecule has 0 heterocycles. The van der Waals surface area contributed by atoms with Gasteiger partial charge in [-0.3, -0.25) is 0 Å². The van der Waals surface area contributed by atoms with Gasteiger partial charge in [-0.15, -0.1) is 0 Å². The van der Waals surface area contributed by atoms with Gasteiger partial charge in [-0.25, -0.2) is 4.79 Å². The van der Waals surface area contributed by atoms with Gasteiger partial charge >= 0.3 is 5.97 Å². The van der Waals surface area contributed by atoms with Crippen molar-refractivity contribution in [2.75, 3.05) is 7.11 Å². The van der Waals surface area contributed by atoms with Crippen LogP contribution in [0, 0.1) is 5.92 Å². The quantitative estimate of drug-likeness (QED) is 0.440. The molecule has 1 aromatic carbocycles. The van der Waals surface area contributed by atoms with Crippen LogP contribution in [-0.4, -0.2) is 19.4 Å². The molecule has 0 saturated carbocycles. The molecule has 2 atom stereocenters. The minimum Gasteiger partial charge on any atom is -0.466 e. The second-order valence-corrected chi connectivity index (χ2v) is 4.16. The molecule has 0 aliphatic carbocycles. The van der Waals surface area contributed by atoms with E-state index < -0.39 is 0 Å². The predicted molar refractivity (Wildman–Crippen MR) is 70.2 cm³/mol. The van der Waals surface area contributed by atoms with E-state index in [1.807, 2.05) is 37.3 Å². The number of methoxy groups -OCH3 is 1. The number of carbonyl (C=O) groups is 2. The number of aldehydes is 1. The lowest BCUT2D eigenvalue weighted by molar-refractivity contribution is -0.134. The smallest absolute Gasteiger partial charge is 0.330 e. The van der Waals surface area contributed by atoms with Gasteiger partial charge in [0.2, 0.25) is 0 Å². The number of allylic oxidation sites excluding steroid dienone is 1. The zero-order chi connectivity index (χ0) is 13.4. The van der Waals surface area contributed by atoms with Crippen molar-refractivity contribution >= 4 is 12.3 Å². The van der Waals surface area contributed by atoms with Gasteiger partial charge in [0.15, 0.2) is 0 Å². The third-order valence-electron chi connectivity index (χ3n) is 2.95. The van der Waals surface area contributed by atoms with Gasteiger partial charge in [0.25, 0.3) is 0 Å². The number of esters is 1. The van der Waals surface area contributed by atoms with E-state index in [-0.39, 0.29) is 17.8 Å². The van der Waals surface area contributed by atoms with E-state index in [1.54, 1.807) is 6.08 Å². The molecular formula is C15H18O3. The highest BCUT2D eigenvalue weighted by molar-refractivity contribution is 5.81. The zero-order valence-electron chi connectivity index (χ0n) is 10.7. The summed E-state index contributed by atoms with van der Waals surface area (Å²) in [5, 5.41) is 0. The van der Waals surface area contributed by atoms with E-state index in [4.69, 9.17) is 0 Å². The van der Waals surface area contributed by atoms with Crippen molar-refractivity contribution in [3.05, 3.63) is 48.0 Å². The van der Waals surface area contributed by atoms with Crippen LogP contribution in [0.2, 0.25) is 0 Å². The van der Waals surface area contributed by atoms with E-state index >= 15 is 0 Å². The Bertz CT molecular complexity index is 409. The van der Waals surface area contributed by atoms with Crippen LogP contribution in [0.3, 0.4) is 0 Å². The standard InChI is InChI=1S/C15H18O3/c1-12(8-9-15(17)18-2)14(10-11-16)13-6-4-3-5-7-13/h3-9,11-12,14H,10H2,1-2H3/b9-8-/t12-,14+/m0/s1. The lowest BCUT2D eigenvalue weighted by Crippen LogP contribution is -2.09. The average molecular weight is 246 g/mol. The largest absolute Gasteiger partial charge is 0.466 e. The minimum atomic E-state index is -0.375. The fourth-order valence-corrected chi connectivity index (χ4v) is 1.89. The Kier molecular flexibility index (Phi) is 5.85. The first kappa shape index (κ1) is 14.2. The van der Waals surface area contributed by atoms with Crippen LogP contribution < -0.4 is 0 Å². The molecule has 0 aliphatic heterocycles. The van der Waals surface area contributed by atoms with Crippen LogP contribution >= 0.6 is 0 Å². The van der Waals surface area contributed by atoms with Crippen LogP contribution in [0.5, 0.6) is 0 Å². The Balaban J connectivity index is 2.82. The van der Waals surface area contributed by atoms with Crippen molar-refractivity contribution < 1.29 is 14.3 Å². The molecule has 18 heavy (non-hydrogen) atoms. The molecular weight excluding hydrogens is 228 g/mol. The first-order valence-electron chi connectivity index (χ1n) is 5.93. The molecule has 3 nitrogen and oxygen atoms in total. The summed E-state index contributed by atoms with van der Waals surface area (Å²) in [5.74, 6) is -0.193. The molecule has 3 heteroatoms. The maximum atomic E-state index is 11.1. The molecule has 0 amide bonds. The lowest BCUT2D eigenvalue weighted by Gasteiger charge is -2.19. The van der Waals surface area contributed by atoms with Gasteiger partial charge in [0.05, 0.1) is 7.11 Å². The van der Waals surface area contributed by atoms with E-state index in [2.05, 4.69) is 4.74 Å². The average Bonchev–Trinajstić information content (AvgIpc) is 2.42. The highest BCUT2D eigenvalue weighted by Crippen LogP contribution is 2.28. The molecule has 0 bridgehead atoms. The Labute approximate surface area is 107 Å². The maximum Gasteiger partial charge on any atom is 0.330 e. The normalized spacial score (nSPS) is 14.1. The Morgan fingerprint density at radius 3 is 2.56 bits per heavy atom. The van der Waals surface area contributed by atoms with Gasteiger partial charge in [0.1, 0.15) is 6.29 Å². The Morgan fingerprint density at radius 1 is 1.33 bits per heavy atom. The van der Waals surface area contributed by atoms with Crippen molar-refractivity contribution in [2.24, 2.45) is 5.92 Å². The van der Waals surface area contributed by atoms with Crippen LogP contribution in [0.1, 0.15) is 24.8 Å². The van der Waals surface area contributed by atoms with Crippen LogP contribution in [0.15, 0.2) is 42.5 Å². The second-order valence-electron chi connectivity index (χ2n) is 4.16. The maximum absolute atomic E-state index is 11.1. The number of rotatable bonds is 6. The van der Waals surface area contributed by atoms with E-state index in [0.29, 0.717) is 6.42 Å². The van der Waals surface area contributed by atoms with Crippen LogP contribution in [0.4, 0.5) is 0 Å². The molecule has 0 fully saturated rings. The summed E-state index contributed by atoms with van der Waals surface area (Å²) < 4.78 is 4.55. The number of carbonyl (C=O) groups excluding carboxylic acids is 2.